The van der Waals surface area contributed by atoms with Crippen LogP contribution in [-0.4, -0.2) is 21.4 Å². The summed E-state index contributed by atoms with van der Waals surface area (Å²) in [6, 6.07) is 8.42. The highest BCUT2D eigenvalue weighted by atomic mass is 32.1. The van der Waals surface area contributed by atoms with Gasteiger partial charge in [0.15, 0.2) is 0 Å². The minimum absolute atomic E-state index is 0.0930. The second-order valence-electron chi connectivity index (χ2n) is 6.46. The molecule has 0 radical (unpaired) electrons. The Hall–Kier alpha value is -2.22. The van der Waals surface area contributed by atoms with E-state index < -0.39 is 0 Å². The molecule has 132 valence electrons. The fourth-order valence-electron chi connectivity index (χ4n) is 3.69. The molecule has 1 atom stereocenters. The lowest BCUT2D eigenvalue weighted by Crippen LogP contribution is -2.25. The van der Waals surface area contributed by atoms with Crippen LogP contribution in [0.3, 0.4) is 0 Å². The van der Waals surface area contributed by atoms with E-state index in [2.05, 4.69) is 27.4 Å². The molecule has 5 heterocycles. The number of aromatic amines is 1. The summed E-state index contributed by atoms with van der Waals surface area (Å²) in [6.07, 6.45) is 3.96. The first-order valence-electron chi connectivity index (χ1n) is 8.61. The highest BCUT2D eigenvalue weighted by molar-refractivity contribution is 7.17. The maximum absolute atomic E-state index is 12.7. The highest BCUT2D eigenvalue weighted by Crippen LogP contribution is 2.35. The SMILES string of the molecule is O=c1[nH]c(CN2CCCC2c2cccs2)nc2scc(-c3ccco3)c12. The predicted octanol–water partition coefficient (Wildman–Crippen LogP) is 4.64. The Morgan fingerprint density at radius 3 is 3.08 bits per heavy atom. The average Bonchev–Trinajstić information content (AvgIpc) is 3.41. The Morgan fingerprint density at radius 2 is 2.27 bits per heavy atom. The third kappa shape index (κ3) is 2.72. The van der Waals surface area contributed by atoms with Crippen LogP contribution in [-0.2, 0) is 6.54 Å². The molecule has 0 amide bonds. The molecule has 1 unspecified atom stereocenters. The van der Waals surface area contributed by atoms with Crippen LogP contribution in [0.25, 0.3) is 21.5 Å². The van der Waals surface area contributed by atoms with E-state index in [-0.39, 0.29) is 5.56 Å². The standard InChI is InChI=1S/C19H17N3O2S2/c23-18-17-12(14-5-2-8-24-14)11-26-19(17)21-16(20-18)10-22-7-1-4-13(22)15-6-3-9-25-15/h2-3,5-6,8-9,11,13H,1,4,7,10H2,(H,20,21,23). The van der Waals surface area contributed by atoms with Gasteiger partial charge in [-0.25, -0.2) is 4.98 Å². The van der Waals surface area contributed by atoms with Crippen LogP contribution >= 0.6 is 22.7 Å². The van der Waals surface area contributed by atoms with Crippen LogP contribution in [0.15, 0.2) is 50.5 Å². The molecule has 1 fully saturated rings. The van der Waals surface area contributed by atoms with E-state index in [1.54, 1.807) is 17.6 Å². The van der Waals surface area contributed by atoms with Crippen molar-refractivity contribution in [2.75, 3.05) is 6.54 Å². The molecule has 1 N–H and O–H groups in total. The molecule has 1 aliphatic heterocycles. The molecular weight excluding hydrogens is 366 g/mol. The number of hydrogen-bond donors (Lipinski definition) is 1. The van der Waals surface area contributed by atoms with Crippen molar-refractivity contribution in [2.24, 2.45) is 0 Å². The first-order chi connectivity index (χ1) is 12.8. The Balaban J connectivity index is 1.48. The zero-order valence-electron chi connectivity index (χ0n) is 14.0. The normalized spacial score (nSPS) is 18.1. The lowest BCUT2D eigenvalue weighted by molar-refractivity contribution is 0.245. The Labute approximate surface area is 157 Å². The number of hydrogen-bond acceptors (Lipinski definition) is 6. The Morgan fingerprint density at radius 1 is 1.31 bits per heavy atom. The smallest absolute Gasteiger partial charge is 0.260 e. The van der Waals surface area contributed by atoms with Crippen LogP contribution < -0.4 is 5.56 Å². The second-order valence-corrected chi connectivity index (χ2v) is 8.30. The third-order valence-corrected chi connectivity index (χ3v) is 6.71. The van der Waals surface area contributed by atoms with E-state index in [0.29, 0.717) is 23.7 Å². The van der Waals surface area contributed by atoms with Gasteiger partial charge in [-0.15, -0.1) is 22.7 Å². The zero-order chi connectivity index (χ0) is 17.5. The molecular formula is C19H17N3O2S2. The van der Waals surface area contributed by atoms with Crippen molar-refractivity contribution in [3.05, 3.63) is 62.3 Å². The summed E-state index contributed by atoms with van der Waals surface area (Å²) in [5, 5.41) is 4.68. The fourth-order valence-corrected chi connectivity index (χ4v) is 5.53. The van der Waals surface area contributed by atoms with Crippen molar-refractivity contribution in [2.45, 2.75) is 25.4 Å². The molecule has 4 aromatic rings. The molecule has 0 aliphatic carbocycles. The van der Waals surface area contributed by atoms with Gasteiger partial charge in [-0.1, -0.05) is 6.07 Å². The maximum Gasteiger partial charge on any atom is 0.260 e. The van der Waals surface area contributed by atoms with Gasteiger partial charge in [0.1, 0.15) is 16.4 Å². The molecule has 0 spiro atoms. The van der Waals surface area contributed by atoms with Crippen molar-refractivity contribution in [3.8, 4) is 11.3 Å². The molecule has 0 aromatic carbocycles. The first kappa shape index (κ1) is 16.0. The van der Waals surface area contributed by atoms with Crippen LogP contribution in [0.4, 0.5) is 0 Å². The summed E-state index contributed by atoms with van der Waals surface area (Å²) in [5.74, 6) is 1.44. The van der Waals surface area contributed by atoms with Crippen LogP contribution in [0.5, 0.6) is 0 Å². The molecule has 1 saturated heterocycles. The van der Waals surface area contributed by atoms with Gasteiger partial charge in [0.05, 0.1) is 18.2 Å². The molecule has 0 saturated carbocycles. The predicted molar refractivity (Wildman–Crippen MR) is 105 cm³/mol. The fraction of sp³-hybridized carbons (Fsp3) is 0.263. The van der Waals surface area contributed by atoms with Crippen LogP contribution in [0.2, 0.25) is 0 Å². The van der Waals surface area contributed by atoms with Gasteiger partial charge in [-0.2, -0.15) is 0 Å². The van der Waals surface area contributed by atoms with Gasteiger partial charge in [-0.3, -0.25) is 9.69 Å². The van der Waals surface area contributed by atoms with Gasteiger partial charge in [0, 0.05) is 21.9 Å². The van der Waals surface area contributed by atoms with Crippen molar-refractivity contribution in [1.82, 2.24) is 14.9 Å². The van der Waals surface area contributed by atoms with Crippen molar-refractivity contribution < 1.29 is 4.42 Å². The summed E-state index contributed by atoms with van der Waals surface area (Å²) in [7, 11) is 0. The van der Waals surface area contributed by atoms with Crippen LogP contribution in [0.1, 0.15) is 29.6 Å². The van der Waals surface area contributed by atoms with Crippen molar-refractivity contribution in [1.29, 1.82) is 0 Å². The van der Waals surface area contributed by atoms with E-state index in [4.69, 9.17) is 9.40 Å². The Bertz CT molecular complexity index is 1080. The van der Waals surface area contributed by atoms with E-state index in [1.807, 2.05) is 17.5 Å². The summed E-state index contributed by atoms with van der Waals surface area (Å²) in [6.45, 7) is 1.70. The van der Waals surface area contributed by atoms with E-state index in [1.165, 1.54) is 22.6 Å². The molecule has 7 heteroatoms. The van der Waals surface area contributed by atoms with Crippen molar-refractivity contribution in [3.63, 3.8) is 0 Å². The largest absolute Gasteiger partial charge is 0.464 e. The summed E-state index contributed by atoms with van der Waals surface area (Å²) >= 11 is 3.29. The van der Waals surface area contributed by atoms with Crippen LogP contribution in [0, 0.1) is 0 Å². The number of aromatic nitrogens is 2. The third-order valence-electron chi connectivity index (χ3n) is 4.87. The van der Waals surface area contributed by atoms with E-state index in [9.17, 15) is 4.79 Å². The maximum atomic E-state index is 12.7. The molecule has 26 heavy (non-hydrogen) atoms. The molecule has 4 aromatic heterocycles. The Kier molecular flexibility index (Phi) is 4.00. The highest BCUT2D eigenvalue weighted by Gasteiger charge is 2.27. The lowest BCUT2D eigenvalue weighted by Gasteiger charge is -2.22. The zero-order valence-corrected chi connectivity index (χ0v) is 15.6. The first-order valence-corrected chi connectivity index (χ1v) is 10.4. The number of fused-ring (bicyclic) bond motifs is 1. The average molecular weight is 383 g/mol. The number of rotatable bonds is 4. The van der Waals surface area contributed by atoms with Gasteiger partial charge >= 0.3 is 0 Å². The van der Waals surface area contributed by atoms with Gasteiger partial charge in [-0.05, 0) is 43.0 Å². The summed E-state index contributed by atoms with van der Waals surface area (Å²) in [5.41, 5.74) is 0.720. The number of furan rings is 1. The number of nitrogens with one attached hydrogen (secondary N) is 1. The monoisotopic (exact) mass is 383 g/mol. The lowest BCUT2D eigenvalue weighted by atomic mass is 10.2. The van der Waals surface area contributed by atoms with E-state index in [0.717, 1.165) is 29.2 Å². The minimum atomic E-state index is -0.0930. The number of H-pyrrole nitrogens is 1. The van der Waals surface area contributed by atoms with Crippen molar-refractivity contribution >= 4 is 32.9 Å². The van der Waals surface area contributed by atoms with Gasteiger partial charge in [0.2, 0.25) is 0 Å². The number of likely N-dealkylation sites (tertiary alicyclic amines) is 1. The quantitative estimate of drug-likeness (QED) is 0.557. The second kappa shape index (κ2) is 6.50. The van der Waals surface area contributed by atoms with E-state index >= 15 is 0 Å². The topological polar surface area (TPSA) is 62.1 Å². The summed E-state index contributed by atoms with van der Waals surface area (Å²) < 4.78 is 5.45. The summed E-state index contributed by atoms with van der Waals surface area (Å²) in [4.78, 5) is 25.0. The van der Waals surface area contributed by atoms with Gasteiger partial charge in [0.25, 0.3) is 5.56 Å². The minimum Gasteiger partial charge on any atom is -0.464 e. The number of nitrogens with zero attached hydrogens (tertiary/aromatic N) is 2. The molecule has 5 nitrogen and oxygen atoms in total. The molecule has 5 rings (SSSR count). The van der Waals surface area contributed by atoms with Gasteiger partial charge < -0.3 is 9.40 Å². The molecule has 0 bridgehead atoms. The number of thiophene rings is 2. The molecule has 1 aliphatic rings.